The number of carbonyl (C=O) groups excluding carboxylic acids is 1. The molecule has 25 heavy (non-hydrogen) atoms. The molecule has 0 saturated carbocycles. The summed E-state index contributed by atoms with van der Waals surface area (Å²) in [5.41, 5.74) is 2.35. The van der Waals surface area contributed by atoms with Gasteiger partial charge in [-0.25, -0.2) is 8.42 Å². The maximum Gasteiger partial charge on any atom is 0.232 e. The Kier molecular flexibility index (Phi) is 5.78. The van der Waals surface area contributed by atoms with E-state index in [-0.39, 0.29) is 18.9 Å². The van der Waals surface area contributed by atoms with E-state index in [0.717, 1.165) is 16.1 Å². The Hall–Kier alpha value is -2.85. The van der Waals surface area contributed by atoms with Crippen LogP contribution in [0.4, 0.5) is 11.4 Å². The normalized spacial score (nSPS) is 10.8. The van der Waals surface area contributed by atoms with Crippen molar-refractivity contribution in [3.8, 4) is 6.07 Å². The van der Waals surface area contributed by atoms with Crippen molar-refractivity contribution >= 4 is 27.3 Å². The molecule has 1 amide bonds. The van der Waals surface area contributed by atoms with Crippen molar-refractivity contribution < 1.29 is 13.2 Å². The SMILES string of the molecule is Cc1ccccc1NC(=O)CCN(c1cccc(C#N)c1)S(C)(=O)=O. The zero-order chi connectivity index (χ0) is 18.4. The first-order valence-corrected chi connectivity index (χ1v) is 9.49. The molecule has 0 spiro atoms. The van der Waals surface area contributed by atoms with Crippen molar-refractivity contribution in [2.45, 2.75) is 13.3 Å². The number of anilines is 2. The van der Waals surface area contributed by atoms with Gasteiger partial charge in [0, 0.05) is 18.7 Å². The molecule has 0 saturated heterocycles. The van der Waals surface area contributed by atoms with E-state index in [1.165, 1.54) is 6.07 Å². The first-order valence-electron chi connectivity index (χ1n) is 7.64. The number of nitriles is 1. The van der Waals surface area contributed by atoms with Gasteiger partial charge in [-0.1, -0.05) is 24.3 Å². The number of benzene rings is 2. The van der Waals surface area contributed by atoms with Crippen LogP contribution in [0.25, 0.3) is 0 Å². The van der Waals surface area contributed by atoms with Crippen molar-refractivity contribution in [2.24, 2.45) is 0 Å². The first-order chi connectivity index (χ1) is 11.8. The second kappa shape index (κ2) is 7.81. The third-order valence-corrected chi connectivity index (χ3v) is 4.82. The van der Waals surface area contributed by atoms with Crippen LogP contribution < -0.4 is 9.62 Å². The Labute approximate surface area is 147 Å². The number of sulfonamides is 1. The fourth-order valence-electron chi connectivity index (χ4n) is 2.35. The first kappa shape index (κ1) is 18.5. The Bertz CT molecular complexity index is 917. The lowest BCUT2D eigenvalue weighted by Crippen LogP contribution is -2.33. The van der Waals surface area contributed by atoms with Crippen LogP contribution in [0.5, 0.6) is 0 Å². The van der Waals surface area contributed by atoms with Gasteiger partial charge >= 0.3 is 0 Å². The van der Waals surface area contributed by atoms with Gasteiger partial charge in [-0.3, -0.25) is 9.10 Å². The van der Waals surface area contributed by atoms with E-state index < -0.39 is 10.0 Å². The number of hydrogen-bond donors (Lipinski definition) is 1. The zero-order valence-corrected chi connectivity index (χ0v) is 14.9. The molecule has 0 aliphatic carbocycles. The smallest absolute Gasteiger partial charge is 0.232 e. The minimum absolute atomic E-state index is 0.00180. The number of hydrogen-bond acceptors (Lipinski definition) is 4. The van der Waals surface area contributed by atoms with Crippen LogP contribution in [-0.2, 0) is 14.8 Å². The standard InChI is InChI=1S/C18H19N3O3S/c1-14-6-3-4-9-17(14)20-18(22)10-11-21(25(2,23)24)16-8-5-7-15(12-16)13-19/h3-9,12H,10-11H2,1-2H3,(H,20,22). The van der Waals surface area contributed by atoms with Crippen LogP contribution in [0.1, 0.15) is 17.5 Å². The quantitative estimate of drug-likeness (QED) is 0.860. The van der Waals surface area contributed by atoms with E-state index in [9.17, 15) is 13.2 Å². The Balaban J connectivity index is 2.12. The summed E-state index contributed by atoms with van der Waals surface area (Å²) >= 11 is 0. The van der Waals surface area contributed by atoms with E-state index in [4.69, 9.17) is 5.26 Å². The molecule has 0 unspecified atom stereocenters. The summed E-state index contributed by atoms with van der Waals surface area (Å²) in [5, 5.41) is 11.8. The Morgan fingerprint density at radius 1 is 1.20 bits per heavy atom. The average Bonchev–Trinajstić information content (AvgIpc) is 2.56. The summed E-state index contributed by atoms with van der Waals surface area (Å²) in [4.78, 5) is 12.2. The average molecular weight is 357 g/mol. The summed E-state index contributed by atoms with van der Waals surface area (Å²) in [6.07, 6.45) is 1.07. The van der Waals surface area contributed by atoms with Crippen LogP contribution in [-0.4, -0.2) is 27.1 Å². The van der Waals surface area contributed by atoms with Crippen LogP contribution in [0, 0.1) is 18.3 Å². The predicted octanol–water partition coefficient (Wildman–Crippen LogP) is 2.66. The summed E-state index contributed by atoms with van der Waals surface area (Å²) in [7, 11) is -3.58. The molecule has 0 aromatic heterocycles. The molecular formula is C18H19N3O3S. The maximum absolute atomic E-state index is 12.2. The summed E-state index contributed by atoms with van der Waals surface area (Å²) in [5.74, 6) is -0.278. The molecule has 2 aromatic carbocycles. The molecule has 2 aromatic rings. The summed E-state index contributed by atoms with van der Waals surface area (Å²) in [6.45, 7) is 1.87. The Morgan fingerprint density at radius 2 is 1.92 bits per heavy atom. The van der Waals surface area contributed by atoms with Crippen molar-refractivity contribution in [1.82, 2.24) is 0 Å². The maximum atomic E-state index is 12.2. The van der Waals surface area contributed by atoms with E-state index in [1.807, 2.05) is 31.2 Å². The highest BCUT2D eigenvalue weighted by Crippen LogP contribution is 2.20. The van der Waals surface area contributed by atoms with Crippen molar-refractivity contribution in [3.63, 3.8) is 0 Å². The van der Waals surface area contributed by atoms with Gasteiger partial charge in [-0.05, 0) is 36.8 Å². The number of rotatable bonds is 6. The summed E-state index contributed by atoms with van der Waals surface area (Å²) in [6, 6.07) is 15.6. The lowest BCUT2D eigenvalue weighted by Gasteiger charge is -2.22. The van der Waals surface area contributed by atoms with E-state index in [1.54, 1.807) is 24.3 Å². The highest BCUT2D eigenvalue weighted by molar-refractivity contribution is 7.92. The second-order valence-electron chi connectivity index (χ2n) is 5.61. The number of amides is 1. The largest absolute Gasteiger partial charge is 0.326 e. The van der Waals surface area contributed by atoms with Gasteiger partial charge in [0.2, 0.25) is 15.9 Å². The van der Waals surface area contributed by atoms with Crippen LogP contribution in [0.15, 0.2) is 48.5 Å². The zero-order valence-electron chi connectivity index (χ0n) is 14.1. The molecule has 0 bridgehead atoms. The van der Waals surface area contributed by atoms with Crippen molar-refractivity contribution in [1.29, 1.82) is 5.26 Å². The molecule has 7 heteroatoms. The van der Waals surface area contributed by atoms with Gasteiger partial charge in [0.05, 0.1) is 23.6 Å². The predicted molar refractivity (Wildman–Crippen MR) is 97.8 cm³/mol. The van der Waals surface area contributed by atoms with Gasteiger partial charge in [-0.15, -0.1) is 0 Å². The molecule has 6 nitrogen and oxygen atoms in total. The van der Waals surface area contributed by atoms with E-state index in [0.29, 0.717) is 16.9 Å². The highest BCUT2D eigenvalue weighted by Gasteiger charge is 2.19. The third-order valence-electron chi connectivity index (χ3n) is 3.62. The minimum atomic E-state index is -3.58. The molecule has 0 aliphatic heterocycles. The topological polar surface area (TPSA) is 90.3 Å². The minimum Gasteiger partial charge on any atom is -0.326 e. The van der Waals surface area contributed by atoms with Crippen LogP contribution >= 0.6 is 0 Å². The Morgan fingerprint density at radius 3 is 2.56 bits per heavy atom. The number of aryl methyl sites for hydroxylation is 1. The lowest BCUT2D eigenvalue weighted by molar-refractivity contribution is -0.116. The second-order valence-corrected chi connectivity index (χ2v) is 7.52. The van der Waals surface area contributed by atoms with Crippen molar-refractivity contribution in [3.05, 3.63) is 59.7 Å². The summed E-state index contributed by atoms with van der Waals surface area (Å²) < 4.78 is 25.3. The third kappa shape index (κ3) is 5.06. The fourth-order valence-corrected chi connectivity index (χ4v) is 3.27. The molecule has 2 rings (SSSR count). The molecule has 130 valence electrons. The van der Waals surface area contributed by atoms with E-state index >= 15 is 0 Å². The number of para-hydroxylation sites is 1. The van der Waals surface area contributed by atoms with Crippen molar-refractivity contribution in [2.75, 3.05) is 22.4 Å². The van der Waals surface area contributed by atoms with Gasteiger partial charge in [0.25, 0.3) is 0 Å². The molecule has 0 atom stereocenters. The molecule has 0 radical (unpaired) electrons. The molecule has 1 N–H and O–H groups in total. The van der Waals surface area contributed by atoms with E-state index in [2.05, 4.69) is 5.32 Å². The lowest BCUT2D eigenvalue weighted by atomic mass is 10.2. The number of nitrogens with zero attached hydrogens (tertiary/aromatic N) is 2. The number of carbonyl (C=O) groups is 1. The van der Waals surface area contributed by atoms with Gasteiger partial charge < -0.3 is 5.32 Å². The number of nitrogens with one attached hydrogen (secondary N) is 1. The van der Waals surface area contributed by atoms with Gasteiger partial charge in [0.15, 0.2) is 0 Å². The molecule has 0 fully saturated rings. The monoisotopic (exact) mass is 357 g/mol. The van der Waals surface area contributed by atoms with Crippen LogP contribution in [0.2, 0.25) is 0 Å². The molecule has 0 heterocycles. The van der Waals surface area contributed by atoms with Gasteiger partial charge in [-0.2, -0.15) is 5.26 Å². The van der Waals surface area contributed by atoms with Crippen LogP contribution in [0.3, 0.4) is 0 Å². The van der Waals surface area contributed by atoms with Gasteiger partial charge in [0.1, 0.15) is 0 Å². The fraction of sp³-hybridized carbons (Fsp3) is 0.222. The molecule has 0 aliphatic rings. The highest BCUT2D eigenvalue weighted by atomic mass is 32.2. The molecular weight excluding hydrogens is 338 g/mol.